The van der Waals surface area contributed by atoms with E-state index in [1.165, 1.54) is 40.7 Å². The highest BCUT2D eigenvalue weighted by molar-refractivity contribution is 8.00. The summed E-state index contributed by atoms with van der Waals surface area (Å²) in [5.41, 5.74) is -3.30. The second-order valence-electron chi connectivity index (χ2n) is 6.52. The molecule has 2 aromatic rings. The molecule has 2 aromatic carbocycles. The summed E-state index contributed by atoms with van der Waals surface area (Å²) in [6.45, 7) is 2.85. The molecule has 1 fully saturated rings. The van der Waals surface area contributed by atoms with Crippen LogP contribution in [0.4, 0.5) is 18.9 Å². The number of halogens is 3. The van der Waals surface area contributed by atoms with Crippen LogP contribution >= 0.6 is 11.8 Å². The van der Waals surface area contributed by atoms with Crippen molar-refractivity contribution in [1.29, 1.82) is 0 Å². The van der Waals surface area contributed by atoms with Gasteiger partial charge in [-0.15, -0.1) is 0 Å². The van der Waals surface area contributed by atoms with E-state index in [-0.39, 0.29) is 40.2 Å². The number of aryl methyl sites for hydroxylation is 1. The van der Waals surface area contributed by atoms with Crippen LogP contribution in [0.1, 0.15) is 15.9 Å². The SMILES string of the molecule is Cc1ccc(S(=O)(=O)N2CCOCC2)cc1NC(=O)c1ccc(SC(F)(F)F)cc1. The van der Waals surface area contributed by atoms with Crippen molar-refractivity contribution in [3.8, 4) is 0 Å². The van der Waals surface area contributed by atoms with Gasteiger partial charge in [-0.05, 0) is 60.6 Å². The molecule has 0 unspecified atom stereocenters. The Bertz CT molecular complexity index is 1020. The third-order valence-corrected chi connectivity index (χ3v) is 7.05. The zero-order valence-electron chi connectivity index (χ0n) is 15.9. The van der Waals surface area contributed by atoms with Crippen LogP contribution in [-0.4, -0.2) is 50.4 Å². The lowest BCUT2D eigenvalue weighted by Gasteiger charge is -2.26. The molecule has 1 aliphatic heterocycles. The Labute approximate surface area is 176 Å². The number of rotatable bonds is 5. The number of alkyl halides is 3. The Morgan fingerprint density at radius 2 is 1.73 bits per heavy atom. The molecule has 0 radical (unpaired) electrons. The third kappa shape index (κ3) is 5.54. The average Bonchev–Trinajstić information content (AvgIpc) is 2.69. The van der Waals surface area contributed by atoms with Crippen LogP contribution in [0.15, 0.2) is 52.3 Å². The van der Waals surface area contributed by atoms with Gasteiger partial charge in [0.25, 0.3) is 5.91 Å². The van der Waals surface area contributed by atoms with E-state index in [1.807, 2.05) is 0 Å². The largest absolute Gasteiger partial charge is 0.446 e. The van der Waals surface area contributed by atoms with Crippen molar-refractivity contribution in [2.75, 3.05) is 31.6 Å². The highest BCUT2D eigenvalue weighted by atomic mass is 32.2. The number of hydrogen-bond acceptors (Lipinski definition) is 5. The lowest BCUT2D eigenvalue weighted by Crippen LogP contribution is -2.40. The van der Waals surface area contributed by atoms with Gasteiger partial charge in [0.1, 0.15) is 0 Å². The molecule has 0 bridgehead atoms. The molecule has 0 saturated carbocycles. The first-order valence-corrected chi connectivity index (χ1v) is 11.2. The topological polar surface area (TPSA) is 75.7 Å². The van der Waals surface area contributed by atoms with Gasteiger partial charge in [-0.1, -0.05) is 6.07 Å². The summed E-state index contributed by atoms with van der Waals surface area (Å²) < 4.78 is 69.4. The molecule has 6 nitrogen and oxygen atoms in total. The Balaban J connectivity index is 1.78. The number of benzene rings is 2. The number of amides is 1. The normalized spacial score (nSPS) is 15.7. The van der Waals surface area contributed by atoms with E-state index in [2.05, 4.69) is 5.32 Å². The number of nitrogens with one attached hydrogen (secondary N) is 1. The number of thioether (sulfide) groups is 1. The summed E-state index contributed by atoms with van der Waals surface area (Å²) in [6, 6.07) is 9.43. The lowest BCUT2D eigenvalue weighted by molar-refractivity contribution is -0.0328. The lowest BCUT2D eigenvalue weighted by atomic mass is 10.1. The number of hydrogen-bond donors (Lipinski definition) is 1. The molecule has 1 N–H and O–H groups in total. The zero-order valence-corrected chi connectivity index (χ0v) is 17.5. The number of sulfonamides is 1. The number of carbonyl (C=O) groups is 1. The fourth-order valence-corrected chi connectivity index (χ4v) is 4.81. The van der Waals surface area contributed by atoms with Crippen molar-refractivity contribution >= 4 is 33.4 Å². The Kier molecular flexibility index (Phi) is 6.75. The molecule has 30 heavy (non-hydrogen) atoms. The van der Waals surface area contributed by atoms with Crippen molar-refractivity contribution in [3.05, 3.63) is 53.6 Å². The second-order valence-corrected chi connectivity index (χ2v) is 9.60. The molecule has 11 heteroatoms. The zero-order chi connectivity index (χ0) is 21.9. The molecule has 1 amide bonds. The predicted octanol–water partition coefficient (Wildman–Crippen LogP) is 3.88. The van der Waals surface area contributed by atoms with Gasteiger partial charge in [0, 0.05) is 29.2 Å². The fraction of sp³-hybridized carbons (Fsp3) is 0.316. The van der Waals surface area contributed by atoms with Crippen LogP contribution in [0.3, 0.4) is 0 Å². The Morgan fingerprint density at radius 3 is 2.33 bits per heavy atom. The quantitative estimate of drug-likeness (QED) is 0.686. The molecule has 0 spiro atoms. The molecule has 0 atom stereocenters. The molecule has 3 rings (SSSR count). The summed E-state index contributed by atoms with van der Waals surface area (Å²) in [4.78, 5) is 12.5. The van der Waals surface area contributed by atoms with Gasteiger partial charge in [0.05, 0.1) is 18.1 Å². The van der Waals surface area contributed by atoms with Crippen molar-refractivity contribution < 1.29 is 31.1 Å². The van der Waals surface area contributed by atoms with Crippen LogP contribution < -0.4 is 5.32 Å². The van der Waals surface area contributed by atoms with Crippen molar-refractivity contribution in [1.82, 2.24) is 4.31 Å². The Morgan fingerprint density at radius 1 is 1.10 bits per heavy atom. The standard InChI is InChI=1S/C19H19F3N2O4S2/c1-13-2-7-16(30(26,27)24-8-10-28-11-9-24)12-17(13)23-18(25)14-3-5-15(6-4-14)29-19(20,21)22/h2-7,12H,8-11H2,1H3,(H,23,25). The maximum atomic E-state index is 12.8. The van der Waals surface area contributed by atoms with Gasteiger partial charge in [0.2, 0.25) is 10.0 Å². The number of ether oxygens (including phenoxy) is 1. The minimum atomic E-state index is -4.41. The van der Waals surface area contributed by atoms with Gasteiger partial charge in [-0.2, -0.15) is 17.5 Å². The van der Waals surface area contributed by atoms with Crippen molar-refractivity contribution in [3.63, 3.8) is 0 Å². The number of nitrogens with zero attached hydrogens (tertiary/aromatic N) is 1. The monoisotopic (exact) mass is 460 g/mol. The third-order valence-electron chi connectivity index (χ3n) is 4.42. The summed E-state index contributed by atoms with van der Waals surface area (Å²) in [5.74, 6) is -0.553. The molecule has 1 saturated heterocycles. The first-order valence-electron chi connectivity index (χ1n) is 8.92. The van der Waals surface area contributed by atoms with E-state index < -0.39 is 21.4 Å². The van der Waals surface area contributed by atoms with Crippen LogP contribution in [0, 0.1) is 6.92 Å². The van der Waals surface area contributed by atoms with E-state index in [0.29, 0.717) is 24.5 Å². The smallest absolute Gasteiger partial charge is 0.379 e. The highest BCUT2D eigenvalue weighted by Crippen LogP contribution is 2.36. The summed E-state index contributed by atoms with van der Waals surface area (Å²) in [6.07, 6.45) is 0. The molecule has 0 aliphatic carbocycles. The molecule has 162 valence electrons. The van der Waals surface area contributed by atoms with E-state index >= 15 is 0 Å². The molecule has 0 aromatic heterocycles. The van der Waals surface area contributed by atoms with Crippen molar-refractivity contribution in [2.24, 2.45) is 0 Å². The van der Waals surface area contributed by atoms with Gasteiger partial charge >= 0.3 is 5.51 Å². The molecule has 1 heterocycles. The maximum Gasteiger partial charge on any atom is 0.446 e. The fourth-order valence-electron chi connectivity index (χ4n) is 2.83. The summed E-state index contributed by atoms with van der Waals surface area (Å²) >= 11 is -0.266. The molecular weight excluding hydrogens is 441 g/mol. The predicted molar refractivity (Wildman–Crippen MR) is 107 cm³/mol. The van der Waals surface area contributed by atoms with Gasteiger partial charge in [-0.3, -0.25) is 4.79 Å². The van der Waals surface area contributed by atoms with Crippen LogP contribution in [0.2, 0.25) is 0 Å². The van der Waals surface area contributed by atoms with Crippen LogP contribution in [0.25, 0.3) is 0 Å². The van der Waals surface area contributed by atoms with Gasteiger partial charge in [0.15, 0.2) is 0 Å². The van der Waals surface area contributed by atoms with E-state index in [1.54, 1.807) is 13.0 Å². The minimum Gasteiger partial charge on any atom is -0.379 e. The van der Waals surface area contributed by atoms with E-state index in [4.69, 9.17) is 4.74 Å². The van der Waals surface area contributed by atoms with E-state index in [9.17, 15) is 26.4 Å². The number of carbonyl (C=O) groups excluding carboxylic acids is 1. The van der Waals surface area contributed by atoms with E-state index in [0.717, 1.165) is 0 Å². The molecular formula is C19H19F3N2O4S2. The number of morpholine rings is 1. The molecule has 1 aliphatic rings. The maximum absolute atomic E-state index is 12.8. The van der Waals surface area contributed by atoms with Gasteiger partial charge in [-0.25, -0.2) is 8.42 Å². The van der Waals surface area contributed by atoms with Crippen LogP contribution in [-0.2, 0) is 14.8 Å². The first-order chi connectivity index (χ1) is 14.1. The summed E-state index contributed by atoms with van der Waals surface area (Å²) in [7, 11) is -3.73. The number of anilines is 1. The van der Waals surface area contributed by atoms with Crippen LogP contribution in [0.5, 0.6) is 0 Å². The average molecular weight is 460 g/mol. The second kappa shape index (κ2) is 8.96. The summed E-state index contributed by atoms with van der Waals surface area (Å²) in [5, 5.41) is 2.63. The Hall–Kier alpha value is -2.08. The van der Waals surface area contributed by atoms with Gasteiger partial charge < -0.3 is 10.1 Å². The first kappa shape index (κ1) is 22.6. The van der Waals surface area contributed by atoms with Crippen molar-refractivity contribution in [2.45, 2.75) is 22.2 Å². The minimum absolute atomic E-state index is 0.0335. The highest BCUT2D eigenvalue weighted by Gasteiger charge is 2.29.